The highest BCUT2D eigenvalue weighted by Crippen LogP contribution is 2.14. The number of unbranched alkanes of at least 4 members (excludes halogenated alkanes) is 2. The van der Waals surface area contributed by atoms with E-state index in [-0.39, 0.29) is 0 Å². The molecule has 0 aliphatic rings. The quantitative estimate of drug-likeness (QED) is 0.614. The van der Waals surface area contributed by atoms with Gasteiger partial charge in [-0.1, -0.05) is 63.6 Å². The largest absolute Gasteiger partial charge is 0.299 e. The van der Waals surface area contributed by atoms with Crippen molar-refractivity contribution in [2.75, 3.05) is 19.6 Å². The molecule has 0 N–H and O–H groups in total. The van der Waals surface area contributed by atoms with E-state index in [1.54, 1.807) is 0 Å². The summed E-state index contributed by atoms with van der Waals surface area (Å²) in [5, 5.41) is 0. The molecule has 0 spiro atoms. The molecule has 0 aromatic heterocycles. The van der Waals surface area contributed by atoms with Crippen LogP contribution in [-0.2, 0) is 0 Å². The van der Waals surface area contributed by atoms with Crippen molar-refractivity contribution >= 4 is 5.57 Å². The van der Waals surface area contributed by atoms with Gasteiger partial charge in [0.2, 0.25) is 0 Å². The van der Waals surface area contributed by atoms with Gasteiger partial charge in [0, 0.05) is 6.54 Å². The van der Waals surface area contributed by atoms with Crippen LogP contribution in [0, 0.1) is 0 Å². The van der Waals surface area contributed by atoms with Crippen LogP contribution in [0.25, 0.3) is 5.57 Å². The molecule has 18 heavy (non-hydrogen) atoms. The molecule has 0 saturated carbocycles. The first-order valence-electron chi connectivity index (χ1n) is 7.23. The van der Waals surface area contributed by atoms with E-state index in [4.69, 9.17) is 0 Å². The second-order valence-corrected chi connectivity index (χ2v) is 4.95. The van der Waals surface area contributed by atoms with E-state index >= 15 is 0 Å². The summed E-state index contributed by atoms with van der Waals surface area (Å²) < 4.78 is 0. The van der Waals surface area contributed by atoms with Crippen LogP contribution in [0.5, 0.6) is 0 Å². The number of rotatable bonds is 9. The summed E-state index contributed by atoms with van der Waals surface area (Å²) in [7, 11) is 0. The number of hydrogen-bond donors (Lipinski definition) is 0. The van der Waals surface area contributed by atoms with Crippen LogP contribution in [0.15, 0.2) is 36.9 Å². The van der Waals surface area contributed by atoms with Crippen LogP contribution >= 0.6 is 0 Å². The van der Waals surface area contributed by atoms with Crippen molar-refractivity contribution < 1.29 is 0 Å². The zero-order valence-corrected chi connectivity index (χ0v) is 12.0. The molecule has 0 heterocycles. The SMILES string of the molecule is C=C(CN(CCCC)CCCC)c1ccccc1. The minimum absolute atomic E-state index is 1.00. The third kappa shape index (κ3) is 5.50. The van der Waals surface area contributed by atoms with Gasteiger partial charge in [-0.25, -0.2) is 0 Å². The Labute approximate surface area is 113 Å². The summed E-state index contributed by atoms with van der Waals surface area (Å²) in [5.41, 5.74) is 2.51. The third-order valence-electron chi connectivity index (χ3n) is 3.25. The highest BCUT2D eigenvalue weighted by molar-refractivity contribution is 5.64. The number of benzene rings is 1. The van der Waals surface area contributed by atoms with Crippen LogP contribution in [0.3, 0.4) is 0 Å². The van der Waals surface area contributed by atoms with Crippen LogP contribution < -0.4 is 0 Å². The van der Waals surface area contributed by atoms with Crippen molar-refractivity contribution in [3.8, 4) is 0 Å². The van der Waals surface area contributed by atoms with Gasteiger partial charge in [0.25, 0.3) is 0 Å². The summed E-state index contributed by atoms with van der Waals surface area (Å²) in [6.07, 6.45) is 5.10. The maximum atomic E-state index is 4.24. The first kappa shape index (κ1) is 15.0. The molecule has 0 radical (unpaired) electrons. The topological polar surface area (TPSA) is 3.24 Å². The average Bonchev–Trinajstić information content (AvgIpc) is 2.42. The Balaban J connectivity index is 2.50. The van der Waals surface area contributed by atoms with Gasteiger partial charge in [0.05, 0.1) is 0 Å². The molecular weight excluding hydrogens is 218 g/mol. The fourth-order valence-electron chi connectivity index (χ4n) is 2.07. The number of nitrogens with zero attached hydrogens (tertiary/aromatic N) is 1. The van der Waals surface area contributed by atoms with Gasteiger partial charge in [-0.2, -0.15) is 0 Å². The molecule has 1 aromatic rings. The predicted octanol–water partition coefficient (Wildman–Crippen LogP) is 4.60. The summed E-state index contributed by atoms with van der Waals surface area (Å²) in [5.74, 6) is 0. The van der Waals surface area contributed by atoms with E-state index in [0.717, 1.165) is 6.54 Å². The molecule has 0 bridgehead atoms. The van der Waals surface area contributed by atoms with Crippen LogP contribution in [-0.4, -0.2) is 24.5 Å². The Morgan fingerprint density at radius 2 is 1.56 bits per heavy atom. The highest BCUT2D eigenvalue weighted by Gasteiger charge is 2.07. The maximum absolute atomic E-state index is 4.24. The average molecular weight is 245 g/mol. The summed E-state index contributed by atoms with van der Waals surface area (Å²) in [6, 6.07) is 10.5. The maximum Gasteiger partial charge on any atom is 0.0233 e. The Morgan fingerprint density at radius 1 is 1.00 bits per heavy atom. The second-order valence-electron chi connectivity index (χ2n) is 4.95. The molecule has 0 amide bonds. The van der Waals surface area contributed by atoms with Crippen molar-refractivity contribution in [3.05, 3.63) is 42.5 Å². The Hall–Kier alpha value is -1.08. The molecule has 0 aliphatic carbocycles. The van der Waals surface area contributed by atoms with E-state index < -0.39 is 0 Å². The van der Waals surface area contributed by atoms with Gasteiger partial charge in [-0.15, -0.1) is 0 Å². The van der Waals surface area contributed by atoms with Crippen molar-refractivity contribution in [3.63, 3.8) is 0 Å². The zero-order chi connectivity index (χ0) is 13.2. The van der Waals surface area contributed by atoms with Gasteiger partial charge < -0.3 is 0 Å². The van der Waals surface area contributed by atoms with Crippen molar-refractivity contribution in [2.24, 2.45) is 0 Å². The van der Waals surface area contributed by atoms with Gasteiger partial charge in [0.15, 0.2) is 0 Å². The van der Waals surface area contributed by atoms with Crippen LogP contribution in [0.2, 0.25) is 0 Å². The van der Waals surface area contributed by atoms with Crippen molar-refractivity contribution in [1.82, 2.24) is 4.90 Å². The molecule has 100 valence electrons. The Bertz CT molecular complexity index is 321. The van der Waals surface area contributed by atoms with E-state index in [1.807, 2.05) is 0 Å². The lowest BCUT2D eigenvalue weighted by Crippen LogP contribution is -2.27. The molecule has 0 aliphatic heterocycles. The Morgan fingerprint density at radius 3 is 2.06 bits per heavy atom. The molecule has 0 atom stereocenters. The molecule has 0 unspecified atom stereocenters. The molecule has 1 rings (SSSR count). The first-order valence-corrected chi connectivity index (χ1v) is 7.23. The van der Waals surface area contributed by atoms with Gasteiger partial charge in [-0.3, -0.25) is 4.90 Å². The summed E-state index contributed by atoms with van der Waals surface area (Å²) in [6.45, 7) is 12.1. The molecule has 1 aromatic carbocycles. The predicted molar refractivity (Wildman–Crippen MR) is 81.7 cm³/mol. The normalized spacial score (nSPS) is 10.8. The monoisotopic (exact) mass is 245 g/mol. The van der Waals surface area contributed by atoms with Gasteiger partial charge in [-0.05, 0) is 37.1 Å². The van der Waals surface area contributed by atoms with E-state index in [9.17, 15) is 0 Å². The molecule has 1 heteroatoms. The summed E-state index contributed by atoms with van der Waals surface area (Å²) in [4.78, 5) is 2.54. The standard InChI is InChI=1S/C17H27N/c1-4-6-13-18(14-7-5-2)15-16(3)17-11-9-8-10-12-17/h8-12H,3-7,13-15H2,1-2H3. The smallest absolute Gasteiger partial charge is 0.0233 e. The lowest BCUT2D eigenvalue weighted by atomic mass is 10.1. The fraction of sp³-hybridized carbons (Fsp3) is 0.529. The van der Waals surface area contributed by atoms with E-state index in [0.29, 0.717) is 0 Å². The number of hydrogen-bond acceptors (Lipinski definition) is 1. The van der Waals surface area contributed by atoms with Crippen molar-refractivity contribution in [2.45, 2.75) is 39.5 Å². The lowest BCUT2D eigenvalue weighted by Gasteiger charge is -2.23. The molecule has 0 fully saturated rings. The van der Waals surface area contributed by atoms with Gasteiger partial charge in [0.1, 0.15) is 0 Å². The molecular formula is C17H27N. The lowest BCUT2D eigenvalue weighted by molar-refractivity contribution is 0.296. The second kappa shape index (κ2) is 8.93. The van der Waals surface area contributed by atoms with Crippen LogP contribution in [0.4, 0.5) is 0 Å². The summed E-state index contributed by atoms with van der Waals surface area (Å²) >= 11 is 0. The minimum Gasteiger partial charge on any atom is -0.299 e. The minimum atomic E-state index is 1.00. The van der Waals surface area contributed by atoms with E-state index in [1.165, 1.54) is 49.9 Å². The van der Waals surface area contributed by atoms with Crippen LogP contribution in [0.1, 0.15) is 45.1 Å². The third-order valence-corrected chi connectivity index (χ3v) is 3.25. The first-order chi connectivity index (χ1) is 8.77. The fourth-order valence-corrected chi connectivity index (χ4v) is 2.07. The van der Waals surface area contributed by atoms with E-state index in [2.05, 4.69) is 55.7 Å². The van der Waals surface area contributed by atoms with Gasteiger partial charge >= 0.3 is 0 Å². The highest BCUT2D eigenvalue weighted by atomic mass is 15.1. The zero-order valence-electron chi connectivity index (χ0n) is 12.0. The Kier molecular flexibility index (Phi) is 7.43. The molecule has 1 nitrogen and oxygen atoms in total. The van der Waals surface area contributed by atoms with Crippen molar-refractivity contribution in [1.29, 1.82) is 0 Å². The molecule has 0 saturated heterocycles.